The van der Waals surface area contributed by atoms with Gasteiger partial charge in [-0.25, -0.2) is 4.79 Å². The molecule has 0 spiro atoms. The molecule has 31 heavy (non-hydrogen) atoms. The summed E-state index contributed by atoms with van der Waals surface area (Å²) >= 11 is 0. The predicted molar refractivity (Wildman–Crippen MR) is 122 cm³/mol. The Morgan fingerprint density at radius 1 is 1.32 bits per heavy atom. The van der Waals surface area contributed by atoms with Crippen molar-refractivity contribution in [2.75, 3.05) is 13.7 Å². The summed E-state index contributed by atoms with van der Waals surface area (Å²) in [5, 5.41) is 0. The number of methoxy groups -OCH3 is 1. The van der Waals surface area contributed by atoms with E-state index in [0.29, 0.717) is 31.7 Å². The number of benzene rings is 1. The van der Waals surface area contributed by atoms with Gasteiger partial charge in [-0.3, -0.25) is 4.79 Å². The van der Waals surface area contributed by atoms with Crippen molar-refractivity contribution in [2.24, 2.45) is 11.8 Å². The highest BCUT2D eigenvalue weighted by Crippen LogP contribution is 2.44. The third kappa shape index (κ3) is 5.31. The molecule has 0 bridgehead atoms. The second-order valence-corrected chi connectivity index (χ2v) is 9.76. The smallest absolute Gasteiger partial charge is 0.410 e. The average molecular weight is 428 g/mol. The first kappa shape index (κ1) is 23.4. The van der Waals surface area contributed by atoms with E-state index in [0.717, 1.165) is 25.0 Å². The summed E-state index contributed by atoms with van der Waals surface area (Å²) in [5.41, 5.74) is 1.03. The van der Waals surface area contributed by atoms with Crippen LogP contribution in [0.15, 0.2) is 36.9 Å². The van der Waals surface area contributed by atoms with E-state index in [9.17, 15) is 9.59 Å². The van der Waals surface area contributed by atoms with Gasteiger partial charge in [0.25, 0.3) is 0 Å². The zero-order valence-electron chi connectivity index (χ0n) is 19.4. The quantitative estimate of drug-likeness (QED) is 0.561. The number of likely N-dealkylation sites (tertiary alicyclic amines) is 1. The minimum Gasteiger partial charge on any atom is -0.497 e. The summed E-state index contributed by atoms with van der Waals surface area (Å²) in [6.07, 6.45) is 5.75. The lowest BCUT2D eigenvalue weighted by Gasteiger charge is -2.45. The Labute approximate surface area is 186 Å². The van der Waals surface area contributed by atoms with Crippen LogP contribution in [0.3, 0.4) is 0 Å². The number of carbonyl (C=O) groups is 2. The number of rotatable bonds is 6. The van der Waals surface area contributed by atoms with Crippen LogP contribution >= 0.6 is 0 Å². The van der Waals surface area contributed by atoms with Crippen LogP contribution in [0.25, 0.3) is 0 Å². The highest BCUT2D eigenvalue weighted by molar-refractivity contribution is 5.82. The van der Waals surface area contributed by atoms with Gasteiger partial charge in [0.1, 0.15) is 17.6 Å². The van der Waals surface area contributed by atoms with Crippen LogP contribution in [-0.4, -0.2) is 42.6 Å². The van der Waals surface area contributed by atoms with Crippen molar-refractivity contribution in [3.05, 3.63) is 42.5 Å². The maximum absolute atomic E-state index is 13.2. The second-order valence-electron chi connectivity index (χ2n) is 9.76. The number of nitrogens with zero attached hydrogens (tertiary/aromatic N) is 1. The van der Waals surface area contributed by atoms with E-state index < -0.39 is 0 Å². The first-order valence-electron chi connectivity index (χ1n) is 11.5. The van der Waals surface area contributed by atoms with Gasteiger partial charge in [-0.2, -0.15) is 0 Å². The molecule has 5 heteroatoms. The monoisotopic (exact) mass is 427 g/mol. The van der Waals surface area contributed by atoms with E-state index >= 15 is 0 Å². The number of amides is 1. The maximum atomic E-state index is 13.2. The average Bonchev–Trinajstić information content (AvgIpc) is 2.74. The lowest BCUT2D eigenvalue weighted by molar-refractivity contribution is -0.122. The Morgan fingerprint density at radius 2 is 2.10 bits per heavy atom. The molecule has 4 atom stereocenters. The summed E-state index contributed by atoms with van der Waals surface area (Å²) in [7, 11) is 1.68. The molecule has 1 aromatic carbocycles. The maximum Gasteiger partial charge on any atom is 0.410 e. The highest BCUT2D eigenvalue weighted by atomic mass is 16.6. The van der Waals surface area contributed by atoms with Crippen LogP contribution in [0.2, 0.25) is 0 Å². The summed E-state index contributed by atoms with van der Waals surface area (Å²) in [6, 6.07) is 8.06. The van der Waals surface area contributed by atoms with Crippen molar-refractivity contribution in [3.8, 4) is 5.75 Å². The molecule has 0 unspecified atom stereocenters. The fourth-order valence-corrected chi connectivity index (χ4v) is 5.27. The number of hydrogen-bond acceptors (Lipinski definition) is 4. The van der Waals surface area contributed by atoms with Crippen LogP contribution in [0, 0.1) is 11.8 Å². The Hall–Kier alpha value is -2.30. The van der Waals surface area contributed by atoms with Gasteiger partial charge in [-0.15, -0.1) is 6.58 Å². The van der Waals surface area contributed by atoms with Gasteiger partial charge in [-0.1, -0.05) is 45.4 Å². The SMILES string of the molecule is C=CC[C@@H]1CC(=O)CCN1C(=O)O[C@@H]1C[C@H](C)CC[C@H]1C(C)(C)c1cccc(OC)c1. The van der Waals surface area contributed by atoms with E-state index in [-0.39, 0.29) is 35.4 Å². The normalized spacial score (nSPS) is 27.0. The Kier molecular flexibility index (Phi) is 7.45. The highest BCUT2D eigenvalue weighted by Gasteiger charge is 2.43. The fourth-order valence-electron chi connectivity index (χ4n) is 5.27. The van der Waals surface area contributed by atoms with E-state index in [1.165, 1.54) is 5.56 Å². The van der Waals surface area contributed by atoms with Gasteiger partial charge in [-0.05, 0) is 48.3 Å². The van der Waals surface area contributed by atoms with Crippen LogP contribution in [-0.2, 0) is 14.9 Å². The van der Waals surface area contributed by atoms with Crippen molar-refractivity contribution in [1.82, 2.24) is 4.90 Å². The second kappa shape index (κ2) is 9.88. The molecule has 1 saturated heterocycles. The lowest BCUT2D eigenvalue weighted by atomic mass is 9.64. The lowest BCUT2D eigenvalue weighted by Crippen LogP contribution is -2.50. The van der Waals surface area contributed by atoms with Crippen molar-refractivity contribution >= 4 is 11.9 Å². The Bertz CT molecular complexity index is 802. The molecule has 3 rings (SSSR count). The molecular weight excluding hydrogens is 390 g/mol. The van der Waals surface area contributed by atoms with E-state index in [1.807, 2.05) is 12.1 Å². The molecule has 170 valence electrons. The molecule has 1 amide bonds. The largest absolute Gasteiger partial charge is 0.497 e. The molecule has 2 aliphatic rings. The molecule has 5 nitrogen and oxygen atoms in total. The summed E-state index contributed by atoms with van der Waals surface area (Å²) in [4.78, 5) is 26.9. The number of carbonyl (C=O) groups excluding carboxylic acids is 2. The number of hydrogen-bond donors (Lipinski definition) is 0. The molecule has 0 radical (unpaired) electrons. The minimum atomic E-state index is -0.287. The molecule has 0 N–H and O–H groups in total. The number of ketones is 1. The Balaban J connectivity index is 1.80. The number of ether oxygens (including phenoxy) is 2. The zero-order chi connectivity index (χ0) is 22.6. The molecule has 1 aromatic rings. The van der Waals surface area contributed by atoms with Gasteiger partial charge < -0.3 is 14.4 Å². The van der Waals surface area contributed by atoms with E-state index in [2.05, 4.69) is 39.5 Å². The minimum absolute atomic E-state index is 0.142. The predicted octanol–water partition coefficient (Wildman–Crippen LogP) is 5.52. The summed E-state index contributed by atoms with van der Waals surface area (Å²) in [5.74, 6) is 1.78. The topological polar surface area (TPSA) is 55.8 Å². The van der Waals surface area contributed by atoms with E-state index in [4.69, 9.17) is 9.47 Å². The number of piperidine rings is 1. The third-order valence-electron chi connectivity index (χ3n) is 7.26. The van der Waals surface area contributed by atoms with Gasteiger partial charge in [0.2, 0.25) is 0 Å². The van der Waals surface area contributed by atoms with Crippen LogP contribution in [0.1, 0.15) is 64.9 Å². The Morgan fingerprint density at radius 3 is 2.81 bits per heavy atom. The van der Waals surface area contributed by atoms with Gasteiger partial charge in [0.15, 0.2) is 0 Å². The van der Waals surface area contributed by atoms with E-state index in [1.54, 1.807) is 18.1 Å². The third-order valence-corrected chi connectivity index (χ3v) is 7.26. The zero-order valence-corrected chi connectivity index (χ0v) is 19.4. The first-order valence-corrected chi connectivity index (χ1v) is 11.5. The van der Waals surface area contributed by atoms with Crippen molar-refractivity contribution in [2.45, 2.75) is 76.9 Å². The molecule has 1 saturated carbocycles. The van der Waals surface area contributed by atoms with Crippen molar-refractivity contribution in [1.29, 1.82) is 0 Å². The van der Waals surface area contributed by atoms with Crippen molar-refractivity contribution < 1.29 is 19.1 Å². The summed E-state index contributed by atoms with van der Waals surface area (Å²) in [6.45, 7) is 10.9. The standard InChI is InChI=1S/C26H37NO4/c1-6-8-20-17-21(28)13-14-27(20)25(29)31-24-15-18(2)11-12-23(24)26(3,4)19-9-7-10-22(16-19)30-5/h6-7,9-10,16,18,20,23-24H,1,8,11-15,17H2,2-5H3/t18-,20-,23-,24-/m1/s1. The molecular formula is C26H37NO4. The van der Waals surface area contributed by atoms with Crippen LogP contribution < -0.4 is 4.74 Å². The molecule has 1 heterocycles. The molecule has 0 aromatic heterocycles. The fraction of sp³-hybridized carbons (Fsp3) is 0.615. The molecule has 2 fully saturated rings. The number of Topliss-reactive ketones (excluding diaryl/α,β-unsaturated/α-hetero) is 1. The molecule has 1 aliphatic carbocycles. The van der Waals surface area contributed by atoms with Crippen molar-refractivity contribution in [3.63, 3.8) is 0 Å². The van der Waals surface area contributed by atoms with Gasteiger partial charge in [0, 0.05) is 31.3 Å². The molecule has 1 aliphatic heterocycles. The first-order chi connectivity index (χ1) is 14.8. The van der Waals surface area contributed by atoms with Crippen LogP contribution in [0.5, 0.6) is 5.75 Å². The van der Waals surface area contributed by atoms with Crippen LogP contribution in [0.4, 0.5) is 4.79 Å². The van der Waals surface area contributed by atoms with Gasteiger partial charge >= 0.3 is 6.09 Å². The van der Waals surface area contributed by atoms with Gasteiger partial charge in [0.05, 0.1) is 7.11 Å². The summed E-state index contributed by atoms with van der Waals surface area (Å²) < 4.78 is 11.6.